The van der Waals surface area contributed by atoms with E-state index in [0.717, 1.165) is 23.5 Å². The fourth-order valence-corrected chi connectivity index (χ4v) is 1.07. The van der Waals surface area contributed by atoms with Crippen LogP contribution in [-0.2, 0) is 9.59 Å². The highest BCUT2D eigenvalue weighted by molar-refractivity contribution is 8.19. The Kier molecular flexibility index (Phi) is 5.43. The minimum atomic E-state index is 0.0282. The van der Waals surface area contributed by atoms with E-state index in [9.17, 15) is 9.59 Å². The molecule has 0 unspecified atom stereocenters. The molecule has 56 valence electrons. The zero-order valence-corrected chi connectivity index (χ0v) is 7.42. The van der Waals surface area contributed by atoms with E-state index in [2.05, 4.69) is 0 Å². The second-order valence-electron chi connectivity index (χ2n) is 1.49. The predicted octanol–water partition coefficient (Wildman–Crippen LogP) is 2.02. The van der Waals surface area contributed by atoms with Crippen LogP contribution in [0.3, 0.4) is 0 Å². The van der Waals surface area contributed by atoms with Crippen LogP contribution in [0.1, 0.15) is 13.8 Å². The Morgan fingerprint density at radius 1 is 1.00 bits per heavy atom. The summed E-state index contributed by atoms with van der Waals surface area (Å²) in [4.78, 5) is 20.6. The zero-order valence-electron chi connectivity index (χ0n) is 5.79. The van der Waals surface area contributed by atoms with E-state index in [0.29, 0.717) is 0 Å². The lowest BCUT2D eigenvalue weighted by Gasteiger charge is -1.83. The molecule has 0 aromatic carbocycles. The molecular formula is C6H8O2S2. The molecule has 0 aromatic heterocycles. The topological polar surface area (TPSA) is 34.1 Å². The highest BCUT2D eigenvalue weighted by atomic mass is 32.2. The van der Waals surface area contributed by atoms with Crippen LogP contribution in [0.2, 0.25) is 0 Å². The monoisotopic (exact) mass is 176 g/mol. The first-order valence-electron chi connectivity index (χ1n) is 2.62. The summed E-state index contributed by atoms with van der Waals surface area (Å²) >= 11 is 2.16. The number of carbonyl (C=O) groups is 2. The van der Waals surface area contributed by atoms with E-state index >= 15 is 0 Å². The predicted molar refractivity (Wildman–Crippen MR) is 45.7 cm³/mol. The quantitative estimate of drug-likeness (QED) is 0.644. The molecule has 0 rings (SSSR count). The van der Waals surface area contributed by atoms with E-state index in [1.54, 1.807) is 10.8 Å². The van der Waals surface area contributed by atoms with Crippen LogP contribution in [0.15, 0.2) is 10.8 Å². The number of hydrogen-bond donors (Lipinski definition) is 0. The van der Waals surface area contributed by atoms with Gasteiger partial charge in [-0.1, -0.05) is 23.5 Å². The molecule has 0 N–H and O–H groups in total. The first-order valence-corrected chi connectivity index (χ1v) is 4.38. The number of thioether (sulfide) groups is 2. The van der Waals surface area contributed by atoms with Crippen molar-refractivity contribution in [1.29, 1.82) is 0 Å². The van der Waals surface area contributed by atoms with E-state index in [4.69, 9.17) is 0 Å². The highest BCUT2D eigenvalue weighted by Crippen LogP contribution is 2.09. The maximum absolute atomic E-state index is 10.3. The molecule has 0 spiro atoms. The first kappa shape index (κ1) is 9.78. The van der Waals surface area contributed by atoms with Crippen molar-refractivity contribution in [3.05, 3.63) is 10.8 Å². The molecular weight excluding hydrogens is 168 g/mol. The van der Waals surface area contributed by atoms with Gasteiger partial charge >= 0.3 is 0 Å². The van der Waals surface area contributed by atoms with Crippen LogP contribution in [0.4, 0.5) is 0 Å². The SMILES string of the molecule is CC(=O)S/C=C/SC(C)=O. The summed E-state index contributed by atoms with van der Waals surface area (Å²) in [5, 5.41) is 3.27. The smallest absolute Gasteiger partial charge is 0.190 e. The van der Waals surface area contributed by atoms with Crippen LogP contribution in [-0.4, -0.2) is 10.2 Å². The van der Waals surface area contributed by atoms with Gasteiger partial charge in [0.2, 0.25) is 0 Å². The lowest BCUT2D eigenvalue weighted by atomic mass is 10.9. The molecule has 0 aliphatic rings. The van der Waals surface area contributed by atoms with Crippen LogP contribution < -0.4 is 0 Å². The van der Waals surface area contributed by atoms with Gasteiger partial charge in [-0.3, -0.25) is 9.59 Å². The average molecular weight is 176 g/mol. The Balaban J connectivity index is 3.38. The Morgan fingerprint density at radius 2 is 1.30 bits per heavy atom. The molecule has 2 nitrogen and oxygen atoms in total. The summed E-state index contributed by atoms with van der Waals surface area (Å²) in [6.07, 6.45) is 0. The Bertz CT molecular complexity index is 145. The van der Waals surface area contributed by atoms with Gasteiger partial charge in [-0.25, -0.2) is 0 Å². The molecule has 0 aliphatic carbocycles. The summed E-state index contributed by atoms with van der Waals surface area (Å²) in [7, 11) is 0. The summed E-state index contributed by atoms with van der Waals surface area (Å²) in [6.45, 7) is 2.96. The fourth-order valence-electron chi connectivity index (χ4n) is 0.247. The number of hydrogen-bond acceptors (Lipinski definition) is 4. The van der Waals surface area contributed by atoms with E-state index in [1.807, 2.05) is 0 Å². The third-order valence-electron chi connectivity index (χ3n) is 0.524. The third kappa shape index (κ3) is 7.78. The first-order chi connectivity index (χ1) is 4.63. The van der Waals surface area contributed by atoms with Crippen LogP contribution in [0.5, 0.6) is 0 Å². The molecule has 0 atom stereocenters. The molecule has 0 heterocycles. The van der Waals surface area contributed by atoms with E-state index in [1.165, 1.54) is 13.8 Å². The van der Waals surface area contributed by atoms with Gasteiger partial charge < -0.3 is 0 Å². The van der Waals surface area contributed by atoms with E-state index < -0.39 is 0 Å². The van der Waals surface area contributed by atoms with Crippen LogP contribution in [0, 0.1) is 0 Å². The van der Waals surface area contributed by atoms with Crippen molar-refractivity contribution in [3.8, 4) is 0 Å². The van der Waals surface area contributed by atoms with Gasteiger partial charge in [0.05, 0.1) is 0 Å². The normalized spacial score (nSPS) is 10.2. The molecule has 4 heteroatoms. The van der Waals surface area contributed by atoms with Crippen molar-refractivity contribution in [2.45, 2.75) is 13.8 Å². The molecule has 10 heavy (non-hydrogen) atoms. The van der Waals surface area contributed by atoms with Gasteiger partial charge in [-0.2, -0.15) is 0 Å². The summed E-state index contributed by atoms with van der Waals surface area (Å²) in [5.41, 5.74) is 0. The van der Waals surface area contributed by atoms with E-state index in [-0.39, 0.29) is 10.2 Å². The second-order valence-corrected chi connectivity index (χ2v) is 3.66. The minimum absolute atomic E-state index is 0.0282. The summed E-state index contributed by atoms with van der Waals surface area (Å²) in [6, 6.07) is 0. The molecule has 0 fully saturated rings. The molecule has 0 saturated heterocycles. The summed E-state index contributed by atoms with van der Waals surface area (Å²) < 4.78 is 0. The highest BCUT2D eigenvalue weighted by Gasteiger charge is 1.88. The Hall–Kier alpha value is -0.220. The Labute approximate surface area is 68.4 Å². The van der Waals surface area contributed by atoms with Crippen molar-refractivity contribution < 1.29 is 9.59 Å². The maximum atomic E-state index is 10.3. The summed E-state index contributed by atoms with van der Waals surface area (Å²) in [5.74, 6) is 0. The van der Waals surface area contributed by atoms with Crippen molar-refractivity contribution >= 4 is 33.8 Å². The average Bonchev–Trinajstić information content (AvgIpc) is 1.79. The molecule has 0 aromatic rings. The molecule has 0 aliphatic heterocycles. The van der Waals surface area contributed by atoms with Crippen molar-refractivity contribution in [2.75, 3.05) is 0 Å². The fraction of sp³-hybridized carbons (Fsp3) is 0.333. The molecule has 0 amide bonds. The van der Waals surface area contributed by atoms with Gasteiger partial charge in [0.15, 0.2) is 10.2 Å². The van der Waals surface area contributed by atoms with Gasteiger partial charge in [0.1, 0.15) is 0 Å². The van der Waals surface area contributed by atoms with Crippen molar-refractivity contribution in [2.24, 2.45) is 0 Å². The minimum Gasteiger partial charge on any atom is -0.287 e. The van der Waals surface area contributed by atoms with Gasteiger partial charge in [-0.05, 0) is 10.8 Å². The van der Waals surface area contributed by atoms with Gasteiger partial charge in [0, 0.05) is 13.8 Å². The number of rotatable bonds is 2. The van der Waals surface area contributed by atoms with Crippen LogP contribution in [0.25, 0.3) is 0 Å². The van der Waals surface area contributed by atoms with Gasteiger partial charge in [0.25, 0.3) is 0 Å². The Morgan fingerprint density at radius 3 is 1.50 bits per heavy atom. The second kappa shape index (κ2) is 5.56. The third-order valence-corrected chi connectivity index (χ3v) is 1.90. The lowest BCUT2D eigenvalue weighted by molar-refractivity contribution is -0.109. The largest absolute Gasteiger partial charge is 0.287 e. The zero-order chi connectivity index (χ0) is 7.98. The van der Waals surface area contributed by atoms with Crippen molar-refractivity contribution in [1.82, 2.24) is 0 Å². The van der Waals surface area contributed by atoms with Crippen LogP contribution >= 0.6 is 23.5 Å². The standard InChI is InChI=1S/C6H8O2S2/c1-5(7)9-3-4-10-6(2)8/h3-4H,1-2H3/b4-3+. The van der Waals surface area contributed by atoms with Crippen molar-refractivity contribution in [3.63, 3.8) is 0 Å². The molecule has 0 radical (unpaired) electrons. The lowest BCUT2D eigenvalue weighted by Crippen LogP contribution is -1.75. The number of carbonyl (C=O) groups excluding carboxylic acids is 2. The maximum Gasteiger partial charge on any atom is 0.190 e. The molecule has 0 bridgehead atoms. The van der Waals surface area contributed by atoms with Gasteiger partial charge in [-0.15, -0.1) is 0 Å². The molecule has 0 saturated carbocycles.